The first-order chi connectivity index (χ1) is 8.44. The van der Waals surface area contributed by atoms with Crippen LogP contribution in [-0.2, 0) is 10.0 Å². The fraction of sp³-hybridized carbons (Fsp3) is 0.500. The molecule has 1 fully saturated rings. The lowest BCUT2D eigenvalue weighted by molar-refractivity contribution is 0.572. The lowest BCUT2D eigenvalue weighted by Gasteiger charge is -2.09. The number of nitrogens with one attached hydrogen (secondary N) is 1. The molecule has 0 aliphatic heterocycles. The topological polar surface area (TPSA) is 72.2 Å². The molecule has 1 aromatic carbocycles. The van der Waals surface area contributed by atoms with E-state index in [1.807, 2.05) is 0 Å². The smallest absolute Gasteiger partial charge is 0.242 e. The number of nitrogens with two attached hydrogens (primary N) is 1. The molecule has 2 atom stereocenters. The van der Waals surface area contributed by atoms with Gasteiger partial charge in [0.05, 0.1) is 4.90 Å². The molecular formula is C12H17BrN2O2S. The van der Waals surface area contributed by atoms with E-state index in [4.69, 9.17) is 5.73 Å². The van der Waals surface area contributed by atoms with Gasteiger partial charge in [0.25, 0.3) is 0 Å². The standard InChI is InChI=1S/C12H17BrN2O2S/c1-2-3-8-6-11(8)15-18(16,17)12-7-9(14)4-5-10(12)13/h4-5,7-8,11,15H,2-3,6,14H2,1H3. The van der Waals surface area contributed by atoms with Crippen LogP contribution in [-0.4, -0.2) is 14.5 Å². The molecule has 0 radical (unpaired) electrons. The lowest BCUT2D eigenvalue weighted by Crippen LogP contribution is -2.27. The van der Waals surface area contributed by atoms with Crippen molar-refractivity contribution in [3.05, 3.63) is 22.7 Å². The molecule has 2 rings (SSSR count). The molecule has 6 heteroatoms. The first-order valence-electron chi connectivity index (χ1n) is 6.01. The molecule has 1 aromatic rings. The van der Waals surface area contributed by atoms with E-state index in [2.05, 4.69) is 27.6 Å². The fourth-order valence-corrected chi connectivity index (χ4v) is 4.39. The number of nitrogen functional groups attached to an aromatic ring is 1. The molecule has 0 aromatic heterocycles. The minimum Gasteiger partial charge on any atom is -0.399 e. The van der Waals surface area contributed by atoms with Gasteiger partial charge in [0.15, 0.2) is 0 Å². The Balaban J connectivity index is 2.14. The second-order valence-corrected chi connectivity index (χ2v) is 7.24. The first kappa shape index (κ1) is 13.8. The molecule has 18 heavy (non-hydrogen) atoms. The van der Waals surface area contributed by atoms with Crippen LogP contribution in [0.5, 0.6) is 0 Å². The molecule has 0 amide bonds. The Morgan fingerprint density at radius 3 is 2.89 bits per heavy atom. The van der Waals surface area contributed by atoms with Gasteiger partial charge in [-0.1, -0.05) is 13.3 Å². The Labute approximate surface area is 116 Å². The van der Waals surface area contributed by atoms with Crippen LogP contribution in [0.4, 0.5) is 5.69 Å². The largest absolute Gasteiger partial charge is 0.399 e. The summed E-state index contributed by atoms with van der Waals surface area (Å²) in [5.41, 5.74) is 6.08. The summed E-state index contributed by atoms with van der Waals surface area (Å²) in [7, 11) is -3.48. The van der Waals surface area contributed by atoms with Gasteiger partial charge in [-0.3, -0.25) is 0 Å². The van der Waals surface area contributed by atoms with Gasteiger partial charge in [0.2, 0.25) is 10.0 Å². The normalized spacial score (nSPS) is 23.0. The van der Waals surface area contributed by atoms with Crippen LogP contribution < -0.4 is 10.5 Å². The van der Waals surface area contributed by atoms with Crippen LogP contribution in [0, 0.1) is 5.92 Å². The Hall–Kier alpha value is -0.590. The molecule has 0 saturated heterocycles. The molecular weight excluding hydrogens is 316 g/mol. The zero-order valence-electron chi connectivity index (χ0n) is 10.2. The number of benzene rings is 1. The summed E-state index contributed by atoms with van der Waals surface area (Å²) in [6.07, 6.45) is 3.10. The minimum atomic E-state index is -3.48. The molecule has 1 aliphatic rings. The van der Waals surface area contributed by atoms with E-state index >= 15 is 0 Å². The van der Waals surface area contributed by atoms with Crippen LogP contribution >= 0.6 is 15.9 Å². The number of halogens is 1. The SMILES string of the molecule is CCCC1CC1NS(=O)(=O)c1cc(N)ccc1Br. The van der Waals surface area contributed by atoms with Gasteiger partial charge >= 0.3 is 0 Å². The minimum absolute atomic E-state index is 0.0864. The van der Waals surface area contributed by atoms with Crippen LogP contribution in [0.25, 0.3) is 0 Å². The average Bonchev–Trinajstić information content (AvgIpc) is 2.99. The van der Waals surface area contributed by atoms with Crippen molar-refractivity contribution in [2.75, 3.05) is 5.73 Å². The number of sulfonamides is 1. The molecule has 2 unspecified atom stereocenters. The van der Waals surface area contributed by atoms with Gasteiger partial charge in [-0.05, 0) is 52.9 Å². The van der Waals surface area contributed by atoms with Gasteiger partial charge in [-0.25, -0.2) is 13.1 Å². The Kier molecular flexibility index (Phi) is 3.99. The number of rotatable bonds is 5. The lowest BCUT2D eigenvalue weighted by atomic mass is 10.2. The zero-order chi connectivity index (χ0) is 13.3. The predicted octanol–water partition coefficient (Wildman–Crippen LogP) is 2.50. The summed E-state index contributed by atoms with van der Waals surface area (Å²) in [5.74, 6) is 0.490. The van der Waals surface area contributed by atoms with E-state index in [-0.39, 0.29) is 10.9 Å². The Morgan fingerprint density at radius 1 is 1.50 bits per heavy atom. The Morgan fingerprint density at radius 2 is 2.22 bits per heavy atom. The van der Waals surface area contributed by atoms with Crippen LogP contribution in [0.2, 0.25) is 0 Å². The van der Waals surface area contributed by atoms with Crippen molar-refractivity contribution in [3.63, 3.8) is 0 Å². The highest BCUT2D eigenvalue weighted by molar-refractivity contribution is 9.10. The van der Waals surface area contributed by atoms with Crippen molar-refractivity contribution in [1.29, 1.82) is 0 Å². The predicted molar refractivity (Wildman–Crippen MR) is 75.7 cm³/mol. The Bertz CT molecular complexity index is 545. The van der Waals surface area contributed by atoms with E-state index in [0.717, 1.165) is 19.3 Å². The maximum absolute atomic E-state index is 12.2. The van der Waals surface area contributed by atoms with E-state index < -0.39 is 10.0 Å². The third kappa shape index (κ3) is 3.05. The van der Waals surface area contributed by atoms with E-state index in [1.165, 1.54) is 6.07 Å². The van der Waals surface area contributed by atoms with E-state index in [9.17, 15) is 8.42 Å². The monoisotopic (exact) mass is 332 g/mol. The summed E-state index contributed by atoms with van der Waals surface area (Å²) >= 11 is 3.25. The van der Waals surface area contributed by atoms with Crippen molar-refractivity contribution in [2.24, 2.45) is 5.92 Å². The molecule has 0 heterocycles. The maximum atomic E-state index is 12.2. The zero-order valence-corrected chi connectivity index (χ0v) is 12.6. The summed E-state index contributed by atoms with van der Waals surface area (Å²) in [6, 6.07) is 4.88. The number of hydrogen-bond acceptors (Lipinski definition) is 3. The van der Waals surface area contributed by atoms with Crippen molar-refractivity contribution in [3.8, 4) is 0 Å². The van der Waals surface area contributed by atoms with Crippen LogP contribution in [0.1, 0.15) is 26.2 Å². The van der Waals surface area contributed by atoms with E-state index in [0.29, 0.717) is 16.1 Å². The van der Waals surface area contributed by atoms with Gasteiger partial charge in [0.1, 0.15) is 0 Å². The summed E-state index contributed by atoms with van der Waals surface area (Å²) in [4.78, 5) is 0.213. The molecule has 4 nitrogen and oxygen atoms in total. The summed E-state index contributed by atoms with van der Waals surface area (Å²) < 4.78 is 27.7. The summed E-state index contributed by atoms with van der Waals surface area (Å²) in [5, 5.41) is 0. The summed E-state index contributed by atoms with van der Waals surface area (Å²) in [6.45, 7) is 2.11. The second-order valence-electron chi connectivity index (χ2n) is 4.70. The van der Waals surface area contributed by atoms with Crippen molar-refractivity contribution >= 4 is 31.6 Å². The molecule has 0 spiro atoms. The first-order valence-corrected chi connectivity index (χ1v) is 8.29. The van der Waals surface area contributed by atoms with Crippen molar-refractivity contribution < 1.29 is 8.42 Å². The second kappa shape index (κ2) is 5.19. The fourth-order valence-electron chi connectivity index (χ4n) is 2.07. The van der Waals surface area contributed by atoms with Crippen molar-refractivity contribution in [2.45, 2.75) is 37.1 Å². The van der Waals surface area contributed by atoms with Crippen LogP contribution in [0.3, 0.4) is 0 Å². The third-order valence-electron chi connectivity index (χ3n) is 3.13. The third-order valence-corrected chi connectivity index (χ3v) is 5.62. The molecule has 1 saturated carbocycles. The van der Waals surface area contributed by atoms with Crippen molar-refractivity contribution in [1.82, 2.24) is 4.72 Å². The van der Waals surface area contributed by atoms with E-state index in [1.54, 1.807) is 12.1 Å². The number of hydrogen-bond donors (Lipinski definition) is 2. The molecule has 0 bridgehead atoms. The van der Waals surface area contributed by atoms with Gasteiger partial charge in [-0.2, -0.15) is 0 Å². The number of anilines is 1. The highest BCUT2D eigenvalue weighted by atomic mass is 79.9. The maximum Gasteiger partial charge on any atom is 0.242 e. The average molecular weight is 333 g/mol. The van der Waals surface area contributed by atoms with Gasteiger partial charge < -0.3 is 5.73 Å². The van der Waals surface area contributed by atoms with Crippen LogP contribution in [0.15, 0.2) is 27.6 Å². The van der Waals surface area contributed by atoms with Gasteiger partial charge in [0, 0.05) is 16.2 Å². The quantitative estimate of drug-likeness (QED) is 0.813. The highest BCUT2D eigenvalue weighted by Gasteiger charge is 2.39. The molecule has 3 N–H and O–H groups in total. The highest BCUT2D eigenvalue weighted by Crippen LogP contribution is 2.36. The molecule has 100 valence electrons. The molecule has 1 aliphatic carbocycles. The van der Waals surface area contributed by atoms with Gasteiger partial charge in [-0.15, -0.1) is 0 Å².